The van der Waals surface area contributed by atoms with Crippen LogP contribution in [0.25, 0.3) is 0 Å². The van der Waals surface area contributed by atoms with Gasteiger partial charge in [0.05, 0.1) is 17.2 Å². The fraction of sp³-hybridized carbons (Fsp3) is 0.318. The van der Waals surface area contributed by atoms with Crippen molar-refractivity contribution in [3.63, 3.8) is 0 Å². The van der Waals surface area contributed by atoms with Gasteiger partial charge < -0.3 is 4.74 Å². The van der Waals surface area contributed by atoms with Gasteiger partial charge in [0.1, 0.15) is 5.60 Å². The predicted octanol–water partition coefficient (Wildman–Crippen LogP) is 4.15. The first-order chi connectivity index (χ1) is 12.8. The molecule has 1 aliphatic heterocycles. The average molecular weight is 365 g/mol. The Hall–Kier alpha value is -2.95. The Balaban J connectivity index is 1.87. The topological polar surface area (TPSA) is 63.7 Å². The summed E-state index contributed by atoms with van der Waals surface area (Å²) in [6, 6.07) is 15.6. The van der Waals surface area contributed by atoms with Crippen LogP contribution in [0.15, 0.2) is 54.6 Å². The van der Waals surface area contributed by atoms with E-state index in [0.717, 1.165) is 5.56 Å². The minimum Gasteiger partial charge on any atom is -0.460 e. The zero-order chi connectivity index (χ0) is 19.6. The van der Waals surface area contributed by atoms with E-state index in [1.807, 2.05) is 51.1 Å². The molecule has 1 aliphatic rings. The lowest BCUT2D eigenvalue weighted by molar-refractivity contribution is -0.155. The highest BCUT2D eigenvalue weighted by atomic mass is 16.6. The highest BCUT2D eigenvalue weighted by molar-refractivity contribution is 6.21. The van der Waals surface area contributed by atoms with E-state index in [-0.39, 0.29) is 24.2 Å². The van der Waals surface area contributed by atoms with Gasteiger partial charge in [-0.25, -0.2) is 0 Å². The number of rotatable bonds is 5. The Labute approximate surface area is 158 Å². The molecule has 0 radical (unpaired) electrons. The lowest BCUT2D eigenvalue weighted by Crippen LogP contribution is -2.35. The maximum absolute atomic E-state index is 12.9. The highest BCUT2D eigenvalue weighted by Crippen LogP contribution is 2.34. The molecule has 2 aromatic carbocycles. The Morgan fingerprint density at radius 2 is 1.44 bits per heavy atom. The fourth-order valence-electron chi connectivity index (χ4n) is 3.26. The number of esters is 1. The number of carbonyl (C=O) groups excluding carboxylic acids is 3. The average Bonchev–Trinajstić information content (AvgIpc) is 2.87. The Morgan fingerprint density at radius 1 is 0.926 bits per heavy atom. The summed E-state index contributed by atoms with van der Waals surface area (Å²) in [5, 5.41) is 0. The molecule has 0 saturated heterocycles. The van der Waals surface area contributed by atoms with Crippen molar-refractivity contribution in [2.45, 2.75) is 45.3 Å². The van der Waals surface area contributed by atoms with E-state index in [4.69, 9.17) is 4.74 Å². The number of amides is 2. The molecule has 2 aromatic rings. The summed E-state index contributed by atoms with van der Waals surface area (Å²) in [6.07, 6.45) is 0.425. The lowest BCUT2D eigenvalue weighted by Gasteiger charge is -2.27. The molecule has 0 aliphatic carbocycles. The van der Waals surface area contributed by atoms with E-state index >= 15 is 0 Å². The number of imide groups is 1. The van der Waals surface area contributed by atoms with Crippen LogP contribution in [0.4, 0.5) is 0 Å². The molecule has 0 saturated carbocycles. The molecular weight excluding hydrogens is 342 g/mol. The first-order valence-electron chi connectivity index (χ1n) is 9.01. The van der Waals surface area contributed by atoms with Crippen molar-refractivity contribution >= 4 is 17.8 Å². The van der Waals surface area contributed by atoms with Crippen LogP contribution < -0.4 is 0 Å². The molecule has 5 heteroatoms. The standard InChI is InChI=1S/C22H23NO4/c1-22(2,3)27-19(24)14-13-18(15-9-5-4-6-10-15)23-20(25)16-11-7-8-12-17(16)21(23)26/h4-12,18H,13-14H2,1-3H3/t18-/m1/s1. The van der Waals surface area contributed by atoms with Gasteiger partial charge in [0.2, 0.25) is 0 Å². The summed E-state index contributed by atoms with van der Waals surface area (Å²) in [6.45, 7) is 5.43. The Kier molecular flexibility index (Phi) is 5.13. The number of nitrogens with zero attached hydrogens (tertiary/aromatic N) is 1. The molecule has 140 valence electrons. The molecule has 0 N–H and O–H groups in total. The summed E-state index contributed by atoms with van der Waals surface area (Å²) >= 11 is 0. The zero-order valence-corrected chi connectivity index (χ0v) is 15.8. The van der Waals surface area contributed by atoms with Gasteiger partial charge in [-0.2, -0.15) is 0 Å². The number of fused-ring (bicyclic) bond motifs is 1. The van der Waals surface area contributed by atoms with Crippen LogP contribution in [-0.2, 0) is 9.53 Å². The minimum absolute atomic E-state index is 0.115. The van der Waals surface area contributed by atoms with Gasteiger partial charge in [0.25, 0.3) is 11.8 Å². The molecule has 5 nitrogen and oxygen atoms in total. The summed E-state index contributed by atoms with van der Waals surface area (Å²) in [4.78, 5) is 39.2. The third kappa shape index (κ3) is 4.08. The van der Waals surface area contributed by atoms with Crippen LogP contribution >= 0.6 is 0 Å². The smallest absolute Gasteiger partial charge is 0.306 e. The van der Waals surface area contributed by atoms with Crippen molar-refractivity contribution in [1.29, 1.82) is 0 Å². The number of hydrogen-bond donors (Lipinski definition) is 0. The summed E-state index contributed by atoms with van der Waals surface area (Å²) < 4.78 is 5.37. The van der Waals surface area contributed by atoms with Gasteiger partial charge >= 0.3 is 5.97 Å². The van der Waals surface area contributed by atoms with E-state index in [2.05, 4.69) is 0 Å². The van der Waals surface area contributed by atoms with Crippen molar-refractivity contribution in [2.75, 3.05) is 0 Å². The van der Waals surface area contributed by atoms with E-state index in [1.54, 1.807) is 24.3 Å². The van der Waals surface area contributed by atoms with E-state index < -0.39 is 11.6 Å². The molecule has 0 unspecified atom stereocenters. The van der Waals surface area contributed by atoms with Gasteiger partial charge in [-0.1, -0.05) is 42.5 Å². The maximum Gasteiger partial charge on any atom is 0.306 e. The molecular formula is C22H23NO4. The second kappa shape index (κ2) is 7.35. The quantitative estimate of drug-likeness (QED) is 0.590. The van der Waals surface area contributed by atoms with Gasteiger partial charge in [-0.15, -0.1) is 0 Å². The molecule has 1 atom stereocenters. The predicted molar refractivity (Wildman–Crippen MR) is 101 cm³/mol. The largest absolute Gasteiger partial charge is 0.460 e. The van der Waals surface area contributed by atoms with E-state index in [9.17, 15) is 14.4 Å². The van der Waals surface area contributed by atoms with Crippen molar-refractivity contribution < 1.29 is 19.1 Å². The van der Waals surface area contributed by atoms with Crippen LogP contribution in [0.1, 0.15) is 65.9 Å². The van der Waals surface area contributed by atoms with Gasteiger partial charge in [-0.05, 0) is 44.9 Å². The molecule has 27 heavy (non-hydrogen) atoms. The lowest BCUT2D eigenvalue weighted by atomic mass is 10.00. The molecule has 2 amide bonds. The Morgan fingerprint density at radius 3 is 1.96 bits per heavy atom. The molecule has 1 heterocycles. The van der Waals surface area contributed by atoms with Gasteiger partial charge in [0.15, 0.2) is 0 Å². The van der Waals surface area contributed by atoms with E-state index in [1.165, 1.54) is 4.90 Å². The van der Waals surface area contributed by atoms with Crippen LogP contribution in [0.2, 0.25) is 0 Å². The summed E-state index contributed by atoms with van der Waals surface area (Å²) in [5.74, 6) is -0.998. The number of ether oxygens (including phenoxy) is 1. The summed E-state index contributed by atoms with van der Waals surface area (Å²) in [5.41, 5.74) is 1.05. The third-order valence-electron chi connectivity index (χ3n) is 4.36. The highest BCUT2D eigenvalue weighted by Gasteiger charge is 2.40. The van der Waals surface area contributed by atoms with Crippen molar-refractivity contribution in [3.8, 4) is 0 Å². The normalized spacial score (nSPS) is 14.9. The fourth-order valence-corrected chi connectivity index (χ4v) is 3.26. The molecule has 0 bridgehead atoms. The van der Waals surface area contributed by atoms with Crippen molar-refractivity contribution in [1.82, 2.24) is 4.90 Å². The molecule has 3 rings (SSSR count). The molecule has 0 fully saturated rings. The first-order valence-corrected chi connectivity index (χ1v) is 9.01. The SMILES string of the molecule is CC(C)(C)OC(=O)CC[C@H](c1ccccc1)N1C(=O)c2ccccc2C1=O. The van der Waals surface area contributed by atoms with Crippen LogP contribution in [0, 0.1) is 0 Å². The molecule has 0 aromatic heterocycles. The van der Waals surface area contributed by atoms with Gasteiger partial charge in [-0.3, -0.25) is 19.3 Å². The van der Waals surface area contributed by atoms with E-state index in [0.29, 0.717) is 17.5 Å². The number of benzene rings is 2. The maximum atomic E-state index is 12.9. The number of hydrogen-bond acceptors (Lipinski definition) is 4. The monoisotopic (exact) mass is 365 g/mol. The van der Waals surface area contributed by atoms with Crippen LogP contribution in [-0.4, -0.2) is 28.3 Å². The van der Waals surface area contributed by atoms with Crippen molar-refractivity contribution in [2.24, 2.45) is 0 Å². The van der Waals surface area contributed by atoms with Crippen LogP contribution in [0.5, 0.6) is 0 Å². The minimum atomic E-state index is -0.575. The van der Waals surface area contributed by atoms with Crippen molar-refractivity contribution in [3.05, 3.63) is 71.3 Å². The van der Waals surface area contributed by atoms with Crippen LogP contribution in [0.3, 0.4) is 0 Å². The zero-order valence-electron chi connectivity index (χ0n) is 15.8. The van der Waals surface area contributed by atoms with Gasteiger partial charge in [0, 0.05) is 6.42 Å². The second-order valence-electron chi connectivity index (χ2n) is 7.58. The number of carbonyl (C=O) groups is 3. The summed E-state index contributed by atoms with van der Waals surface area (Å²) in [7, 11) is 0. The first kappa shape index (κ1) is 18.8. The third-order valence-corrected chi connectivity index (χ3v) is 4.36. The second-order valence-corrected chi connectivity index (χ2v) is 7.58. The molecule has 0 spiro atoms. The Bertz CT molecular complexity index is 832.